The summed E-state index contributed by atoms with van der Waals surface area (Å²) in [5, 5.41) is 9.59. The quantitative estimate of drug-likeness (QED) is 0.847. The van der Waals surface area contributed by atoms with Gasteiger partial charge in [-0.25, -0.2) is 4.79 Å². The molecule has 4 nitrogen and oxygen atoms in total. The number of halogens is 1. The van der Waals surface area contributed by atoms with Crippen molar-refractivity contribution in [3.63, 3.8) is 0 Å². The standard InChI is InChI=1S/C13H14BrNO3/c14-10-11-9(12(10)16)6-15(11)13(17)18-7-8-4-2-1-3-5-8/h1-5,9-12,16H,6-7H2/t9-,10-,11+,12-/m0/s1. The van der Waals surface area contributed by atoms with Crippen LogP contribution in [0.3, 0.4) is 0 Å². The smallest absolute Gasteiger partial charge is 0.410 e. The number of hydrogen-bond donors (Lipinski definition) is 1. The Labute approximate surface area is 114 Å². The van der Waals surface area contributed by atoms with Crippen LogP contribution >= 0.6 is 15.9 Å². The van der Waals surface area contributed by atoms with Gasteiger partial charge in [-0.2, -0.15) is 0 Å². The Bertz CT molecular complexity index is 447. The Morgan fingerprint density at radius 1 is 1.44 bits per heavy atom. The predicted octanol–water partition coefficient (Wildman–Crippen LogP) is 1.76. The Morgan fingerprint density at radius 3 is 2.83 bits per heavy atom. The van der Waals surface area contributed by atoms with Crippen LogP contribution < -0.4 is 0 Å². The lowest BCUT2D eigenvalue weighted by atomic mass is 9.69. The van der Waals surface area contributed by atoms with Crippen molar-refractivity contribution < 1.29 is 14.6 Å². The van der Waals surface area contributed by atoms with Crippen LogP contribution in [0.15, 0.2) is 30.3 Å². The highest BCUT2D eigenvalue weighted by Crippen LogP contribution is 2.46. The average molecular weight is 312 g/mol. The second-order valence-corrected chi connectivity index (χ2v) is 5.84. The molecule has 1 N–H and O–H groups in total. The molecular formula is C13H14BrNO3. The van der Waals surface area contributed by atoms with E-state index in [1.165, 1.54) is 0 Å². The van der Waals surface area contributed by atoms with Gasteiger partial charge >= 0.3 is 6.09 Å². The van der Waals surface area contributed by atoms with Gasteiger partial charge in [0.2, 0.25) is 0 Å². The van der Waals surface area contributed by atoms with Crippen molar-refractivity contribution in [3.05, 3.63) is 35.9 Å². The lowest BCUT2D eigenvalue weighted by Crippen LogP contribution is -2.76. The first-order chi connectivity index (χ1) is 8.68. The largest absolute Gasteiger partial charge is 0.445 e. The maximum Gasteiger partial charge on any atom is 0.410 e. The molecule has 3 rings (SSSR count). The third-order valence-electron chi connectivity index (χ3n) is 3.74. The molecule has 1 aliphatic carbocycles. The SMILES string of the molecule is O=C(OCc1ccccc1)N1C[C@@H]2[C@H](O)[C@@H](Br)[C@@H]21. The van der Waals surface area contributed by atoms with Crippen molar-refractivity contribution in [1.29, 1.82) is 0 Å². The molecule has 1 aromatic rings. The maximum absolute atomic E-state index is 11.8. The minimum Gasteiger partial charge on any atom is -0.445 e. The van der Waals surface area contributed by atoms with E-state index in [1.807, 2.05) is 30.3 Å². The summed E-state index contributed by atoms with van der Waals surface area (Å²) in [6.07, 6.45) is -0.621. The molecule has 0 spiro atoms. The van der Waals surface area contributed by atoms with Crippen molar-refractivity contribution in [1.82, 2.24) is 4.90 Å². The highest BCUT2D eigenvalue weighted by Gasteiger charge is 2.60. The Hall–Kier alpha value is -1.07. The lowest BCUT2D eigenvalue weighted by molar-refractivity contribution is -0.128. The first-order valence-corrected chi connectivity index (χ1v) is 6.89. The first-order valence-electron chi connectivity index (χ1n) is 5.98. The van der Waals surface area contributed by atoms with Crippen LogP contribution in [0.4, 0.5) is 4.79 Å². The molecule has 96 valence electrons. The molecule has 5 heteroatoms. The number of carbonyl (C=O) groups is 1. The highest BCUT2D eigenvalue weighted by atomic mass is 79.9. The van der Waals surface area contributed by atoms with Gasteiger partial charge < -0.3 is 14.7 Å². The van der Waals surface area contributed by atoms with Crippen LogP contribution in [0.1, 0.15) is 5.56 Å². The number of amides is 1. The van der Waals surface area contributed by atoms with E-state index in [0.29, 0.717) is 13.2 Å². The zero-order valence-electron chi connectivity index (χ0n) is 9.70. The maximum atomic E-state index is 11.8. The van der Waals surface area contributed by atoms with Crippen LogP contribution in [0.25, 0.3) is 0 Å². The van der Waals surface area contributed by atoms with Gasteiger partial charge in [0.05, 0.1) is 17.0 Å². The molecule has 1 heterocycles. The summed E-state index contributed by atoms with van der Waals surface area (Å²) in [4.78, 5) is 13.5. The van der Waals surface area contributed by atoms with Gasteiger partial charge in [-0.1, -0.05) is 46.3 Å². The van der Waals surface area contributed by atoms with E-state index in [-0.39, 0.29) is 29.0 Å². The number of rotatable bonds is 2. The fourth-order valence-electron chi connectivity index (χ4n) is 2.56. The zero-order chi connectivity index (χ0) is 12.7. The number of aliphatic hydroxyl groups is 1. The molecule has 0 bridgehead atoms. The summed E-state index contributed by atoms with van der Waals surface area (Å²) in [6, 6.07) is 9.71. The summed E-state index contributed by atoms with van der Waals surface area (Å²) in [5.74, 6) is 0.221. The number of piperidine rings is 1. The number of nitrogens with zero attached hydrogens (tertiary/aromatic N) is 1. The van der Waals surface area contributed by atoms with Crippen LogP contribution in [-0.4, -0.2) is 39.6 Å². The molecule has 1 saturated carbocycles. The molecular weight excluding hydrogens is 298 g/mol. The molecule has 0 radical (unpaired) electrons. The average Bonchev–Trinajstić information content (AvgIpc) is 2.36. The molecule has 1 aliphatic heterocycles. The second kappa shape index (κ2) is 4.55. The van der Waals surface area contributed by atoms with E-state index < -0.39 is 0 Å². The molecule has 0 aromatic heterocycles. The van der Waals surface area contributed by atoms with Crippen LogP contribution in [0.2, 0.25) is 0 Å². The number of aliphatic hydroxyl groups excluding tert-OH is 1. The van der Waals surface area contributed by atoms with E-state index >= 15 is 0 Å². The molecule has 1 aromatic carbocycles. The van der Waals surface area contributed by atoms with E-state index in [4.69, 9.17) is 4.74 Å². The van der Waals surface area contributed by atoms with Gasteiger partial charge in [-0.15, -0.1) is 0 Å². The van der Waals surface area contributed by atoms with Gasteiger partial charge in [0.15, 0.2) is 0 Å². The Morgan fingerprint density at radius 2 is 2.17 bits per heavy atom. The normalized spacial score (nSPS) is 33.1. The van der Waals surface area contributed by atoms with Gasteiger partial charge in [0.25, 0.3) is 0 Å². The van der Waals surface area contributed by atoms with E-state index in [2.05, 4.69) is 15.9 Å². The third kappa shape index (κ3) is 1.82. The number of fused-ring (bicyclic) bond motifs is 1. The Kier molecular flexibility index (Phi) is 3.03. The number of likely N-dealkylation sites (tertiary alicyclic amines) is 1. The Balaban J connectivity index is 1.52. The topological polar surface area (TPSA) is 49.8 Å². The first kappa shape index (κ1) is 12.0. The van der Waals surface area contributed by atoms with Crippen molar-refractivity contribution >= 4 is 22.0 Å². The molecule has 2 aliphatic rings. The van der Waals surface area contributed by atoms with Crippen molar-refractivity contribution in [2.75, 3.05) is 6.54 Å². The molecule has 2 fully saturated rings. The highest BCUT2D eigenvalue weighted by molar-refractivity contribution is 9.09. The van der Waals surface area contributed by atoms with Gasteiger partial charge in [0, 0.05) is 12.5 Å². The minimum atomic E-state index is -0.326. The fraction of sp³-hybridized carbons (Fsp3) is 0.462. The van der Waals surface area contributed by atoms with Gasteiger partial charge in [0.1, 0.15) is 6.61 Å². The van der Waals surface area contributed by atoms with Gasteiger partial charge in [-0.05, 0) is 5.56 Å². The molecule has 4 atom stereocenters. The predicted molar refractivity (Wildman–Crippen MR) is 69.3 cm³/mol. The van der Waals surface area contributed by atoms with E-state index in [1.54, 1.807) is 4.90 Å². The summed E-state index contributed by atoms with van der Waals surface area (Å²) in [6.45, 7) is 0.893. The van der Waals surface area contributed by atoms with Crippen molar-refractivity contribution in [3.8, 4) is 0 Å². The van der Waals surface area contributed by atoms with Gasteiger partial charge in [-0.3, -0.25) is 0 Å². The second-order valence-electron chi connectivity index (χ2n) is 4.78. The number of ether oxygens (including phenoxy) is 1. The molecule has 1 saturated heterocycles. The monoisotopic (exact) mass is 311 g/mol. The summed E-state index contributed by atoms with van der Waals surface area (Å²) in [7, 11) is 0. The minimum absolute atomic E-state index is 0.0134. The van der Waals surface area contributed by atoms with E-state index in [9.17, 15) is 9.90 Å². The lowest BCUT2D eigenvalue weighted by Gasteiger charge is -2.60. The summed E-state index contributed by atoms with van der Waals surface area (Å²) >= 11 is 3.39. The zero-order valence-corrected chi connectivity index (χ0v) is 11.3. The number of benzene rings is 1. The van der Waals surface area contributed by atoms with Crippen LogP contribution in [0, 0.1) is 5.92 Å². The number of alkyl halides is 1. The summed E-state index contributed by atoms with van der Waals surface area (Å²) < 4.78 is 5.25. The molecule has 0 unspecified atom stereocenters. The summed E-state index contributed by atoms with van der Waals surface area (Å²) in [5.41, 5.74) is 0.979. The fourth-order valence-corrected chi connectivity index (χ4v) is 3.63. The molecule has 1 amide bonds. The van der Waals surface area contributed by atoms with Crippen LogP contribution in [-0.2, 0) is 11.3 Å². The van der Waals surface area contributed by atoms with Crippen molar-refractivity contribution in [2.45, 2.75) is 23.6 Å². The molecule has 18 heavy (non-hydrogen) atoms. The van der Waals surface area contributed by atoms with E-state index in [0.717, 1.165) is 5.56 Å². The third-order valence-corrected chi connectivity index (χ3v) is 4.82. The van der Waals surface area contributed by atoms with Crippen molar-refractivity contribution in [2.24, 2.45) is 5.92 Å². The number of carbonyl (C=O) groups excluding carboxylic acids is 1. The van der Waals surface area contributed by atoms with Crippen LogP contribution in [0.5, 0.6) is 0 Å². The number of hydrogen-bond acceptors (Lipinski definition) is 3.